The summed E-state index contributed by atoms with van der Waals surface area (Å²) in [6.07, 6.45) is 3.68. The van der Waals surface area contributed by atoms with Gasteiger partial charge < -0.3 is 10.6 Å². The molecule has 0 aromatic heterocycles. The van der Waals surface area contributed by atoms with Crippen LogP contribution in [0, 0.1) is 11.7 Å². The van der Waals surface area contributed by atoms with Gasteiger partial charge in [0.2, 0.25) is 0 Å². The molecular weight excluding hydrogens is 253 g/mol. The molecule has 2 fully saturated rings. The molecule has 1 saturated heterocycles. The van der Waals surface area contributed by atoms with Crippen molar-refractivity contribution in [1.82, 2.24) is 4.90 Å². The number of nitrogens with zero attached hydrogens (tertiary/aromatic N) is 2. The maximum atomic E-state index is 12.9. The first kappa shape index (κ1) is 13.8. The highest BCUT2D eigenvalue weighted by Crippen LogP contribution is 2.25. The van der Waals surface area contributed by atoms with Crippen molar-refractivity contribution in [3.63, 3.8) is 0 Å². The fourth-order valence-corrected chi connectivity index (χ4v) is 3.49. The van der Waals surface area contributed by atoms with Gasteiger partial charge in [0.1, 0.15) is 5.82 Å². The zero-order valence-corrected chi connectivity index (χ0v) is 12.0. The maximum Gasteiger partial charge on any atom is 0.123 e. The van der Waals surface area contributed by atoms with Crippen molar-refractivity contribution in [3.8, 4) is 0 Å². The van der Waals surface area contributed by atoms with Crippen molar-refractivity contribution >= 4 is 5.69 Å². The topological polar surface area (TPSA) is 32.5 Å². The van der Waals surface area contributed by atoms with Crippen LogP contribution < -0.4 is 10.6 Å². The minimum Gasteiger partial charge on any atom is -0.369 e. The van der Waals surface area contributed by atoms with Gasteiger partial charge in [-0.15, -0.1) is 0 Å². The molecule has 2 unspecified atom stereocenters. The summed E-state index contributed by atoms with van der Waals surface area (Å²) in [6, 6.07) is 7.27. The van der Waals surface area contributed by atoms with Crippen molar-refractivity contribution in [2.75, 3.05) is 37.6 Å². The van der Waals surface area contributed by atoms with E-state index in [2.05, 4.69) is 9.80 Å². The van der Waals surface area contributed by atoms with Crippen LogP contribution in [0.2, 0.25) is 0 Å². The molecule has 3 nitrogen and oxygen atoms in total. The van der Waals surface area contributed by atoms with Crippen LogP contribution in [0.25, 0.3) is 0 Å². The number of halogens is 1. The molecule has 1 aliphatic carbocycles. The van der Waals surface area contributed by atoms with Gasteiger partial charge in [-0.2, -0.15) is 0 Å². The minimum atomic E-state index is -0.162. The van der Waals surface area contributed by atoms with Crippen molar-refractivity contribution in [3.05, 3.63) is 30.1 Å². The van der Waals surface area contributed by atoms with E-state index in [9.17, 15) is 4.39 Å². The Labute approximate surface area is 120 Å². The van der Waals surface area contributed by atoms with E-state index in [-0.39, 0.29) is 5.82 Å². The van der Waals surface area contributed by atoms with E-state index in [4.69, 9.17) is 5.73 Å². The molecule has 4 heteroatoms. The third-order valence-electron chi connectivity index (χ3n) is 4.66. The van der Waals surface area contributed by atoms with Gasteiger partial charge in [-0.3, -0.25) is 4.90 Å². The second-order valence-corrected chi connectivity index (χ2v) is 6.20. The molecule has 0 amide bonds. The lowest BCUT2D eigenvalue weighted by Crippen LogP contribution is -2.47. The van der Waals surface area contributed by atoms with Crippen molar-refractivity contribution in [2.24, 2.45) is 11.7 Å². The molecule has 1 aromatic rings. The van der Waals surface area contributed by atoms with Crippen molar-refractivity contribution in [2.45, 2.75) is 25.3 Å². The molecule has 0 spiro atoms. The average molecular weight is 277 g/mol. The molecular formula is C16H24FN3. The Hall–Kier alpha value is -1.13. The largest absolute Gasteiger partial charge is 0.369 e. The Morgan fingerprint density at radius 1 is 1.05 bits per heavy atom. The van der Waals surface area contributed by atoms with E-state index in [0.717, 1.165) is 37.8 Å². The Morgan fingerprint density at radius 2 is 1.75 bits per heavy atom. The van der Waals surface area contributed by atoms with E-state index in [0.29, 0.717) is 6.04 Å². The molecule has 1 heterocycles. The van der Waals surface area contributed by atoms with E-state index in [1.807, 2.05) is 12.1 Å². The van der Waals surface area contributed by atoms with Gasteiger partial charge in [0.05, 0.1) is 0 Å². The lowest BCUT2D eigenvalue weighted by Gasteiger charge is -2.37. The average Bonchev–Trinajstić information content (AvgIpc) is 2.86. The normalized spacial score (nSPS) is 28.0. The number of anilines is 1. The number of piperazine rings is 1. The number of benzene rings is 1. The molecule has 0 radical (unpaired) electrons. The first-order valence-electron chi connectivity index (χ1n) is 7.69. The van der Waals surface area contributed by atoms with Crippen LogP contribution >= 0.6 is 0 Å². The SMILES string of the molecule is NC1CCC(CN2CCN(c3ccc(F)cc3)CC2)C1. The van der Waals surface area contributed by atoms with Crippen LogP contribution in [0.15, 0.2) is 24.3 Å². The maximum absolute atomic E-state index is 12.9. The van der Waals surface area contributed by atoms with Crippen LogP contribution in [-0.4, -0.2) is 43.7 Å². The Kier molecular flexibility index (Phi) is 4.22. The van der Waals surface area contributed by atoms with E-state index >= 15 is 0 Å². The summed E-state index contributed by atoms with van der Waals surface area (Å²) in [6.45, 7) is 5.46. The van der Waals surface area contributed by atoms with Gasteiger partial charge in [0.15, 0.2) is 0 Å². The van der Waals surface area contributed by atoms with Crippen LogP contribution in [0.3, 0.4) is 0 Å². The third kappa shape index (κ3) is 3.30. The highest BCUT2D eigenvalue weighted by atomic mass is 19.1. The zero-order valence-electron chi connectivity index (χ0n) is 12.0. The van der Waals surface area contributed by atoms with Gasteiger partial charge >= 0.3 is 0 Å². The Balaban J connectivity index is 1.48. The zero-order chi connectivity index (χ0) is 13.9. The minimum absolute atomic E-state index is 0.162. The molecule has 1 aromatic carbocycles. The van der Waals surface area contributed by atoms with Gasteiger partial charge in [0, 0.05) is 44.5 Å². The van der Waals surface area contributed by atoms with Gasteiger partial charge in [-0.05, 0) is 49.4 Å². The first-order chi connectivity index (χ1) is 9.70. The summed E-state index contributed by atoms with van der Waals surface area (Å²) in [5.41, 5.74) is 7.12. The number of hydrogen-bond acceptors (Lipinski definition) is 3. The monoisotopic (exact) mass is 277 g/mol. The van der Waals surface area contributed by atoms with Crippen LogP contribution in [-0.2, 0) is 0 Å². The van der Waals surface area contributed by atoms with E-state index in [1.165, 1.54) is 25.8 Å². The molecule has 110 valence electrons. The van der Waals surface area contributed by atoms with Gasteiger partial charge in [0.25, 0.3) is 0 Å². The van der Waals surface area contributed by atoms with Crippen molar-refractivity contribution in [1.29, 1.82) is 0 Å². The quantitative estimate of drug-likeness (QED) is 0.918. The number of hydrogen-bond donors (Lipinski definition) is 1. The fourth-order valence-electron chi connectivity index (χ4n) is 3.49. The number of rotatable bonds is 3. The molecule has 20 heavy (non-hydrogen) atoms. The molecule has 1 saturated carbocycles. The Morgan fingerprint density at radius 3 is 2.35 bits per heavy atom. The van der Waals surface area contributed by atoms with Crippen LogP contribution in [0.5, 0.6) is 0 Å². The van der Waals surface area contributed by atoms with Crippen molar-refractivity contribution < 1.29 is 4.39 Å². The summed E-state index contributed by atoms with van der Waals surface area (Å²) in [5, 5.41) is 0. The van der Waals surface area contributed by atoms with Gasteiger partial charge in [-0.25, -0.2) is 4.39 Å². The first-order valence-corrected chi connectivity index (χ1v) is 7.69. The van der Waals surface area contributed by atoms with Gasteiger partial charge in [-0.1, -0.05) is 0 Å². The molecule has 2 atom stereocenters. The molecule has 2 N–H and O–H groups in total. The van der Waals surface area contributed by atoms with Crippen LogP contribution in [0.4, 0.5) is 10.1 Å². The fraction of sp³-hybridized carbons (Fsp3) is 0.625. The third-order valence-corrected chi connectivity index (χ3v) is 4.66. The summed E-state index contributed by atoms with van der Waals surface area (Å²) in [4.78, 5) is 4.90. The summed E-state index contributed by atoms with van der Waals surface area (Å²) >= 11 is 0. The molecule has 3 rings (SSSR count). The predicted octanol–water partition coefficient (Wildman–Crippen LogP) is 2.08. The summed E-state index contributed by atoms with van der Waals surface area (Å²) < 4.78 is 12.9. The van der Waals surface area contributed by atoms with E-state index in [1.54, 1.807) is 12.1 Å². The standard InChI is InChI=1S/C16H24FN3/c17-14-2-5-16(6-3-14)20-9-7-19(8-10-20)12-13-1-4-15(18)11-13/h2-3,5-6,13,15H,1,4,7-12,18H2. The lowest BCUT2D eigenvalue weighted by molar-refractivity contribution is 0.219. The second kappa shape index (κ2) is 6.10. The summed E-state index contributed by atoms with van der Waals surface area (Å²) in [5.74, 6) is 0.632. The predicted molar refractivity (Wildman–Crippen MR) is 80.4 cm³/mol. The summed E-state index contributed by atoms with van der Waals surface area (Å²) in [7, 11) is 0. The Bertz CT molecular complexity index is 426. The molecule has 0 bridgehead atoms. The highest BCUT2D eigenvalue weighted by Gasteiger charge is 2.25. The van der Waals surface area contributed by atoms with E-state index < -0.39 is 0 Å². The smallest absolute Gasteiger partial charge is 0.123 e. The highest BCUT2D eigenvalue weighted by molar-refractivity contribution is 5.46. The molecule has 1 aliphatic heterocycles. The van der Waals surface area contributed by atoms with Crippen LogP contribution in [0.1, 0.15) is 19.3 Å². The molecule has 2 aliphatic rings. The lowest BCUT2D eigenvalue weighted by atomic mass is 10.1. The number of nitrogens with two attached hydrogens (primary N) is 1. The second-order valence-electron chi connectivity index (χ2n) is 6.20.